The van der Waals surface area contributed by atoms with E-state index in [2.05, 4.69) is 0 Å². The summed E-state index contributed by atoms with van der Waals surface area (Å²) < 4.78 is 14.0. The van der Waals surface area contributed by atoms with Crippen molar-refractivity contribution in [2.75, 3.05) is 20.1 Å². The number of carbonyl (C=O) groups excluding carboxylic acids is 2. The van der Waals surface area contributed by atoms with E-state index in [0.717, 1.165) is 6.07 Å². The topological polar surface area (TPSA) is 77.9 Å². The second kappa shape index (κ2) is 6.76. The SMILES string of the molecule is CC(=O)N(C)C1CCN(C(=O)c2ccc(C(=O)O)cc2F)CC1. The van der Waals surface area contributed by atoms with Crippen molar-refractivity contribution in [2.45, 2.75) is 25.8 Å². The molecule has 0 aliphatic carbocycles. The quantitative estimate of drug-likeness (QED) is 0.917. The van der Waals surface area contributed by atoms with E-state index in [1.165, 1.54) is 24.0 Å². The van der Waals surface area contributed by atoms with Crippen LogP contribution in [0.5, 0.6) is 0 Å². The van der Waals surface area contributed by atoms with Crippen LogP contribution in [0.1, 0.15) is 40.5 Å². The molecule has 0 unspecified atom stereocenters. The maximum absolute atomic E-state index is 14.0. The number of rotatable bonds is 3. The molecule has 0 spiro atoms. The van der Waals surface area contributed by atoms with Gasteiger partial charge in [-0.2, -0.15) is 0 Å². The van der Waals surface area contributed by atoms with Crippen molar-refractivity contribution in [3.05, 3.63) is 35.1 Å². The van der Waals surface area contributed by atoms with Crippen LogP contribution in [0.25, 0.3) is 0 Å². The lowest BCUT2D eigenvalue weighted by molar-refractivity contribution is -0.130. The number of carbonyl (C=O) groups is 3. The lowest BCUT2D eigenvalue weighted by Crippen LogP contribution is -2.46. The second-order valence-electron chi connectivity index (χ2n) is 5.65. The molecule has 0 aromatic heterocycles. The van der Waals surface area contributed by atoms with Crippen LogP contribution in [0, 0.1) is 5.82 Å². The Morgan fingerprint density at radius 1 is 1.26 bits per heavy atom. The predicted octanol–water partition coefficient (Wildman–Crippen LogP) is 1.61. The van der Waals surface area contributed by atoms with Crippen LogP contribution in [-0.4, -0.2) is 58.9 Å². The summed E-state index contributed by atoms with van der Waals surface area (Å²) in [7, 11) is 1.73. The minimum atomic E-state index is -1.24. The monoisotopic (exact) mass is 322 g/mol. The maximum Gasteiger partial charge on any atom is 0.335 e. The number of amides is 2. The number of likely N-dealkylation sites (tertiary alicyclic amines) is 1. The summed E-state index contributed by atoms with van der Waals surface area (Å²) in [5.74, 6) is -2.55. The van der Waals surface area contributed by atoms with Gasteiger partial charge in [-0.3, -0.25) is 9.59 Å². The van der Waals surface area contributed by atoms with E-state index in [1.54, 1.807) is 11.9 Å². The molecule has 6 nitrogen and oxygen atoms in total. The first-order valence-corrected chi connectivity index (χ1v) is 7.36. The Balaban J connectivity index is 2.05. The summed E-state index contributed by atoms with van der Waals surface area (Å²) in [6.45, 7) is 2.36. The van der Waals surface area contributed by atoms with Gasteiger partial charge in [0.25, 0.3) is 5.91 Å². The Kier molecular flexibility index (Phi) is 4.98. The zero-order valence-corrected chi connectivity index (χ0v) is 13.1. The molecular formula is C16H19FN2O4. The third-order valence-corrected chi connectivity index (χ3v) is 4.24. The predicted molar refractivity (Wildman–Crippen MR) is 80.7 cm³/mol. The molecule has 0 saturated carbocycles. The molecule has 124 valence electrons. The van der Waals surface area contributed by atoms with Gasteiger partial charge in [-0.05, 0) is 31.0 Å². The number of hydrogen-bond acceptors (Lipinski definition) is 3. The highest BCUT2D eigenvalue weighted by Gasteiger charge is 2.28. The summed E-state index contributed by atoms with van der Waals surface area (Å²) in [5, 5.41) is 8.82. The van der Waals surface area contributed by atoms with Crippen LogP contribution in [0.2, 0.25) is 0 Å². The maximum atomic E-state index is 14.0. The van der Waals surface area contributed by atoms with E-state index < -0.39 is 17.7 Å². The van der Waals surface area contributed by atoms with Gasteiger partial charge in [0.2, 0.25) is 5.91 Å². The van der Waals surface area contributed by atoms with Gasteiger partial charge < -0.3 is 14.9 Å². The van der Waals surface area contributed by atoms with E-state index in [9.17, 15) is 18.8 Å². The van der Waals surface area contributed by atoms with Crippen molar-refractivity contribution in [3.8, 4) is 0 Å². The van der Waals surface area contributed by atoms with E-state index in [0.29, 0.717) is 25.9 Å². The van der Waals surface area contributed by atoms with Crippen LogP contribution in [-0.2, 0) is 4.79 Å². The fourth-order valence-electron chi connectivity index (χ4n) is 2.71. The van der Waals surface area contributed by atoms with Crippen LogP contribution in [0.3, 0.4) is 0 Å². The summed E-state index contributed by atoms with van der Waals surface area (Å²) >= 11 is 0. The van der Waals surface area contributed by atoms with Crippen molar-refractivity contribution in [1.29, 1.82) is 0 Å². The molecule has 7 heteroatoms. The zero-order chi connectivity index (χ0) is 17.1. The summed E-state index contributed by atoms with van der Waals surface area (Å²) in [4.78, 5) is 37.7. The second-order valence-corrected chi connectivity index (χ2v) is 5.65. The van der Waals surface area contributed by atoms with E-state index >= 15 is 0 Å². The average molecular weight is 322 g/mol. The Morgan fingerprint density at radius 2 is 1.87 bits per heavy atom. The summed E-state index contributed by atoms with van der Waals surface area (Å²) in [6, 6.07) is 3.35. The number of hydrogen-bond donors (Lipinski definition) is 1. The molecule has 1 aliphatic rings. The van der Waals surface area contributed by atoms with Crippen LogP contribution < -0.4 is 0 Å². The van der Waals surface area contributed by atoms with Gasteiger partial charge in [0.15, 0.2) is 0 Å². The number of carboxylic acids is 1. The van der Waals surface area contributed by atoms with Gasteiger partial charge in [-0.15, -0.1) is 0 Å². The molecule has 0 radical (unpaired) electrons. The number of piperidine rings is 1. The van der Waals surface area contributed by atoms with Crippen LogP contribution in [0.4, 0.5) is 4.39 Å². The van der Waals surface area contributed by atoms with Gasteiger partial charge in [-0.25, -0.2) is 9.18 Å². The fourth-order valence-corrected chi connectivity index (χ4v) is 2.71. The first-order chi connectivity index (χ1) is 10.8. The van der Waals surface area contributed by atoms with Gasteiger partial charge in [-0.1, -0.05) is 0 Å². The Bertz CT molecular complexity index is 639. The highest BCUT2D eigenvalue weighted by Crippen LogP contribution is 2.19. The number of carboxylic acid groups (broad SMARTS) is 1. The normalized spacial score (nSPS) is 15.3. The Labute approximate surface area is 133 Å². The molecule has 1 N–H and O–H groups in total. The van der Waals surface area contributed by atoms with Crippen LogP contribution >= 0.6 is 0 Å². The number of aromatic carboxylic acids is 1. The average Bonchev–Trinajstić information content (AvgIpc) is 2.53. The number of benzene rings is 1. The van der Waals surface area contributed by atoms with Gasteiger partial charge >= 0.3 is 5.97 Å². The lowest BCUT2D eigenvalue weighted by Gasteiger charge is -2.36. The number of halogens is 1. The molecule has 1 aromatic carbocycles. The van der Waals surface area contributed by atoms with Crippen molar-refractivity contribution >= 4 is 17.8 Å². The van der Waals surface area contributed by atoms with Gasteiger partial charge in [0, 0.05) is 33.1 Å². The molecule has 23 heavy (non-hydrogen) atoms. The standard InChI is InChI=1S/C16H19FN2O4/c1-10(20)18(2)12-5-7-19(8-6-12)15(21)13-4-3-11(16(22)23)9-14(13)17/h3-4,9,12H,5-8H2,1-2H3,(H,22,23). The molecule has 2 rings (SSSR count). The molecule has 2 amide bonds. The van der Waals surface area contributed by atoms with Gasteiger partial charge in [0.1, 0.15) is 5.82 Å². The molecule has 1 saturated heterocycles. The van der Waals surface area contributed by atoms with E-state index in [4.69, 9.17) is 5.11 Å². The van der Waals surface area contributed by atoms with Gasteiger partial charge in [0.05, 0.1) is 11.1 Å². The van der Waals surface area contributed by atoms with E-state index in [1.807, 2.05) is 0 Å². The third kappa shape index (κ3) is 3.67. The Hall–Kier alpha value is -2.44. The number of nitrogens with zero attached hydrogens (tertiary/aromatic N) is 2. The third-order valence-electron chi connectivity index (χ3n) is 4.24. The van der Waals surface area contributed by atoms with Crippen molar-refractivity contribution in [1.82, 2.24) is 9.80 Å². The zero-order valence-electron chi connectivity index (χ0n) is 13.1. The first-order valence-electron chi connectivity index (χ1n) is 7.36. The van der Waals surface area contributed by atoms with Crippen molar-refractivity contribution in [3.63, 3.8) is 0 Å². The molecule has 1 aliphatic heterocycles. The largest absolute Gasteiger partial charge is 0.478 e. The van der Waals surface area contributed by atoms with Crippen LogP contribution in [0.15, 0.2) is 18.2 Å². The molecule has 0 atom stereocenters. The smallest absolute Gasteiger partial charge is 0.335 e. The Morgan fingerprint density at radius 3 is 2.35 bits per heavy atom. The minimum absolute atomic E-state index is 0.0231. The fraction of sp³-hybridized carbons (Fsp3) is 0.438. The van der Waals surface area contributed by atoms with Crippen molar-refractivity contribution in [2.24, 2.45) is 0 Å². The van der Waals surface area contributed by atoms with E-state index in [-0.39, 0.29) is 23.1 Å². The highest BCUT2D eigenvalue weighted by molar-refractivity contribution is 5.96. The molecule has 1 aromatic rings. The minimum Gasteiger partial charge on any atom is -0.478 e. The van der Waals surface area contributed by atoms with Crippen molar-refractivity contribution < 1.29 is 23.9 Å². The summed E-state index contributed by atoms with van der Waals surface area (Å²) in [5.41, 5.74) is -0.325. The lowest BCUT2D eigenvalue weighted by atomic mass is 10.0. The highest BCUT2D eigenvalue weighted by atomic mass is 19.1. The molecule has 1 fully saturated rings. The first kappa shape index (κ1) is 16.9. The summed E-state index contributed by atoms with van der Waals surface area (Å²) in [6.07, 6.45) is 1.27. The molecule has 1 heterocycles. The molecule has 0 bridgehead atoms. The molecular weight excluding hydrogens is 303 g/mol.